The molecule has 0 rings (SSSR count). The molecule has 0 nitrogen and oxygen atoms in total. The molecule has 1 atom stereocenters. The Labute approximate surface area is 89.3 Å². The van der Waals surface area contributed by atoms with Gasteiger partial charge in [0.2, 0.25) is 0 Å². The van der Waals surface area contributed by atoms with Gasteiger partial charge in [0.1, 0.15) is 5.67 Å². The summed E-state index contributed by atoms with van der Waals surface area (Å²) in [7, 11) is 0. The summed E-state index contributed by atoms with van der Waals surface area (Å²) in [4.78, 5) is 0. The molecule has 86 valence electrons. The van der Waals surface area contributed by atoms with Gasteiger partial charge in [-0.1, -0.05) is 47.5 Å². The minimum atomic E-state index is -1.03. The van der Waals surface area contributed by atoms with E-state index in [1.165, 1.54) is 0 Å². The van der Waals surface area contributed by atoms with Crippen LogP contribution in [0, 0.1) is 11.3 Å². The summed E-state index contributed by atoms with van der Waals surface area (Å²) in [5.74, 6) is 0.201. The lowest BCUT2D eigenvalue weighted by molar-refractivity contribution is -0.0417. The summed E-state index contributed by atoms with van der Waals surface area (Å²) in [6.45, 7) is 12.3. The van der Waals surface area contributed by atoms with E-state index in [0.717, 1.165) is 25.7 Å². The quantitative estimate of drug-likeness (QED) is 0.570. The molecule has 0 saturated carbocycles. The summed E-state index contributed by atoms with van der Waals surface area (Å²) in [5, 5.41) is 0. The molecule has 0 heterocycles. The van der Waals surface area contributed by atoms with Gasteiger partial charge in [0, 0.05) is 5.41 Å². The Hall–Kier alpha value is -0.0700. The molecule has 0 aliphatic heterocycles. The fourth-order valence-corrected chi connectivity index (χ4v) is 2.49. The molecule has 0 bridgehead atoms. The van der Waals surface area contributed by atoms with Crippen molar-refractivity contribution < 1.29 is 4.39 Å². The molecule has 0 aliphatic rings. The van der Waals surface area contributed by atoms with Crippen LogP contribution in [0.5, 0.6) is 0 Å². The highest BCUT2D eigenvalue weighted by Crippen LogP contribution is 2.47. The fraction of sp³-hybridized carbons (Fsp3) is 1.00. The van der Waals surface area contributed by atoms with Crippen molar-refractivity contribution in [1.29, 1.82) is 0 Å². The van der Waals surface area contributed by atoms with Gasteiger partial charge in [-0.3, -0.25) is 0 Å². The smallest absolute Gasteiger partial charge is 0.116 e. The van der Waals surface area contributed by atoms with Gasteiger partial charge in [0.15, 0.2) is 0 Å². The standard InChI is InChI=1S/C13H27F/c1-7-11(8-2)13(6,14)12(5,9-3)10-4/h11H,7-10H2,1-6H3/t13-/m1/s1. The van der Waals surface area contributed by atoms with E-state index in [2.05, 4.69) is 34.6 Å². The minimum Gasteiger partial charge on any atom is -0.243 e. The molecule has 1 heteroatoms. The summed E-state index contributed by atoms with van der Waals surface area (Å²) in [6, 6.07) is 0. The Morgan fingerprint density at radius 2 is 1.29 bits per heavy atom. The molecular weight excluding hydrogens is 175 g/mol. The first-order valence-electron chi connectivity index (χ1n) is 6.08. The maximum Gasteiger partial charge on any atom is 0.116 e. The van der Waals surface area contributed by atoms with Crippen LogP contribution in [0.15, 0.2) is 0 Å². The molecule has 0 N–H and O–H groups in total. The lowest BCUT2D eigenvalue weighted by Crippen LogP contribution is -2.45. The van der Waals surface area contributed by atoms with Crippen LogP contribution in [0.2, 0.25) is 0 Å². The van der Waals surface area contributed by atoms with E-state index >= 15 is 0 Å². The van der Waals surface area contributed by atoms with Gasteiger partial charge in [0.05, 0.1) is 0 Å². The number of rotatable bonds is 6. The molecule has 0 unspecified atom stereocenters. The third-order valence-corrected chi connectivity index (χ3v) is 4.49. The number of hydrogen-bond donors (Lipinski definition) is 0. The largest absolute Gasteiger partial charge is 0.243 e. The van der Waals surface area contributed by atoms with E-state index in [0.29, 0.717) is 0 Å². The van der Waals surface area contributed by atoms with Crippen LogP contribution >= 0.6 is 0 Å². The first kappa shape index (κ1) is 13.9. The van der Waals surface area contributed by atoms with Crippen molar-refractivity contribution >= 4 is 0 Å². The summed E-state index contributed by atoms with van der Waals surface area (Å²) >= 11 is 0. The second kappa shape index (κ2) is 5.14. The van der Waals surface area contributed by atoms with Crippen molar-refractivity contribution in [3.8, 4) is 0 Å². The molecule has 0 aliphatic carbocycles. The molecule has 0 amide bonds. The van der Waals surface area contributed by atoms with E-state index in [1.807, 2.05) is 0 Å². The van der Waals surface area contributed by atoms with Crippen LogP contribution in [-0.4, -0.2) is 5.67 Å². The van der Waals surface area contributed by atoms with E-state index in [-0.39, 0.29) is 11.3 Å². The van der Waals surface area contributed by atoms with Gasteiger partial charge in [-0.05, 0) is 25.7 Å². The van der Waals surface area contributed by atoms with Crippen LogP contribution < -0.4 is 0 Å². The zero-order valence-corrected chi connectivity index (χ0v) is 10.8. The van der Waals surface area contributed by atoms with Crippen LogP contribution in [0.25, 0.3) is 0 Å². The third-order valence-electron chi connectivity index (χ3n) is 4.49. The molecule has 0 fully saturated rings. The lowest BCUT2D eigenvalue weighted by atomic mass is 9.65. The van der Waals surface area contributed by atoms with E-state index in [1.54, 1.807) is 6.92 Å². The maximum atomic E-state index is 14.8. The van der Waals surface area contributed by atoms with Crippen molar-refractivity contribution in [3.63, 3.8) is 0 Å². The Bertz CT molecular complexity index is 153. The molecule has 0 aromatic heterocycles. The highest BCUT2D eigenvalue weighted by atomic mass is 19.1. The van der Waals surface area contributed by atoms with Crippen LogP contribution in [-0.2, 0) is 0 Å². The first-order chi connectivity index (χ1) is 6.39. The predicted molar refractivity (Wildman–Crippen MR) is 62.3 cm³/mol. The van der Waals surface area contributed by atoms with Crippen molar-refractivity contribution in [1.82, 2.24) is 0 Å². The molecular formula is C13H27F. The number of hydrogen-bond acceptors (Lipinski definition) is 0. The molecule has 0 spiro atoms. The van der Waals surface area contributed by atoms with E-state index in [9.17, 15) is 4.39 Å². The summed E-state index contributed by atoms with van der Waals surface area (Å²) < 4.78 is 14.8. The molecule has 0 aromatic carbocycles. The molecule has 0 radical (unpaired) electrons. The van der Waals surface area contributed by atoms with Gasteiger partial charge in [-0.2, -0.15) is 0 Å². The Morgan fingerprint density at radius 1 is 0.929 bits per heavy atom. The van der Waals surface area contributed by atoms with Gasteiger partial charge >= 0.3 is 0 Å². The monoisotopic (exact) mass is 202 g/mol. The topological polar surface area (TPSA) is 0 Å². The minimum absolute atomic E-state index is 0.163. The van der Waals surface area contributed by atoms with Crippen molar-refractivity contribution in [3.05, 3.63) is 0 Å². The maximum absolute atomic E-state index is 14.8. The van der Waals surface area contributed by atoms with Crippen molar-refractivity contribution in [2.24, 2.45) is 11.3 Å². The van der Waals surface area contributed by atoms with Crippen LogP contribution in [0.3, 0.4) is 0 Å². The van der Waals surface area contributed by atoms with Crippen molar-refractivity contribution in [2.45, 2.75) is 72.9 Å². The highest BCUT2D eigenvalue weighted by Gasteiger charge is 2.46. The predicted octanol–water partition coefficient (Wildman–Crippen LogP) is 4.98. The SMILES string of the molecule is CCC(CC)[C@@](C)(F)C(C)(CC)CC. The average molecular weight is 202 g/mol. The lowest BCUT2D eigenvalue weighted by Gasteiger charge is -2.44. The average Bonchev–Trinajstić information content (AvgIpc) is 2.17. The van der Waals surface area contributed by atoms with Crippen molar-refractivity contribution in [2.75, 3.05) is 0 Å². The second-order valence-electron chi connectivity index (χ2n) is 4.86. The van der Waals surface area contributed by atoms with E-state index < -0.39 is 5.67 Å². The summed E-state index contributed by atoms with van der Waals surface area (Å²) in [6.07, 6.45) is 3.73. The number of halogens is 1. The summed E-state index contributed by atoms with van der Waals surface area (Å²) in [5.41, 5.74) is -1.19. The van der Waals surface area contributed by atoms with Gasteiger partial charge in [0.25, 0.3) is 0 Å². The highest BCUT2D eigenvalue weighted by molar-refractivity contribution is 4.95. The van der Waals surface area contributed by atoms with Gasteiger partial charge in [-0.15, -0.1) is 0 Å². The molecule has 0 saturated heterocycles. The van der Waals surface area contributed by atoms with E-state index in [4.69, 9.17) is 0 Å². The fourth-order valence-electron chi connectivity index (χ4n) is 2.49. The molecule has 14 heavy (non-hydrogen) atoms. The normalized spacial score (nSPS) is 17.1. The molecule has 0 aromatic rings. The third kappa shape index (κ3) is 2.29. The Balaban J connectivity index is 4.88. The Kier molecular flexibility index (Phi) is 5.11. The zero-order valence-electron chi connectivity index (χ0n) is 10.8. The second-order valence-corrected chi connectivity index (χ2v) is 4.86. The number of alkyl halides is 1. The van der Waals surface area contributed by atoms with Gasteiger partial charge in [-0.25, -0.2) is 4.39 Å². The van der Waals surface area contributed by atoms with Gasteiger partial charge < -0.3 is 0 Å². The van der Waals surface area contributed by atoms with Crippen LogP contribution in [0.1, 0.15) is 67.2 Å². The first-order valence-corrected chi connectivity index (χ1v) is 6.08. The Morgan fingerprint density at radius 3 is 1.50 bits per heavy atom. The van der Waals surface area contributed by atoms with Crippen LogP contribution in [0.4, 0.5) is 4.39 Å². The zero-order chi connectivity index (χ0) is 11.4.